The van der Waals surface area contributed by atoms with Gasteiger partial charge in [-0.05, 0) is 24.6 Å². The van der Waals surface area contributed by atoms with Crippen molar-refractivity contribution in [2.75, 3.05) is 19.5 Å². The molecule has 1 aliphatic rings. The summed E-state index contributed by atoms with van der Waals surface area (Å²) in [5, 5.41) is 8.68. The zero-order chi connectivity index (χ0) is 23.7. The number of amides is 1. The fourth-order valence-corrected chi connectivity index (χ4v) is 4.12. The summed E-state index contributed by atoms with van der Waals surface area (Å²) in [6.07, 6.45) is 6.86. The van der Waals surface area contributed by atoms with Crippen LogP contribution in [0.15, 0.2) is 48.0 Å². The van der Waals surface area contributed by atoms with Gasteiger partial charge in [-0.1, -0.05) is 13.0 Å². The van der Waals surface area contributed by atoms with Crippen molar-refractivity contribution >= 4 is 28.5 Å². The molecule has 0 aliphatic carbocycles. The van der Waals surface area contributed by atoms with Crippen LogP contribution in [0.3, 0.4) is 0 Å². The Morgan fingerprint density at radius 2 is 2.09 bits per heavy atom. The number of H-pyrrole nitrogens is 1. The Balaban J connectivity index is 1.45. The predicted octanol–water partition coefficient (Wildman–Crippen LogP) is 2.97. The molecule has 0 bridgehead atoms. The summed E-state index contributed by atoms with van der Waals surface area (Å²) in [7, 11) is 1.69. The molecule has 4 N–H and O–H groups in total. The van der Waals surface area contributed by atoms with E-state index in [1.54, 1.807) is 13.3 Å². The Labute approximate surface area is 196 Å². The van der Waals surface area contributed by atoms with Gasteiger partial charge in [-0.15, -0.1) is 0 Å². The monoisotopic (exact) mass is 458 g/mol. The molecular formula is C24H26N8O2. The predicted molar refractivity (Wildman–Crippen MR) is 130 cm³/mol. The molecule has 1 unspecified atom stereocenters. The fourth-order valence-electron chi connectivity index (χ4n) is 4.12. The van der Waals surface area contributed by atoms with E-state index in [2.05, 4.69) is 25.6 Å². The van der Waals surface area contributed by atoms with Gasteiger partial charge >= 0.3 is 0 Å². The molecule has 0 radical (unpaired) electrons. The Morgan fingerprint density at radius 1 is 1.21 bits per heavy atom. The molecule has 1 aliphatic heterocycles. The fraction of sp³-hybridized carbons (Fsp3) is 0.292. The second-order valence-electron chi connectivity index (χ2n) is 8.45. The van der Waals surface area contributed by atoms with Gasteiger partial charge in [0.1, 0.15) is 11.6 Å². The third kappa shape index (κ3) is 4.27. The Bertz CT molecular complexity index is 1390. The number of nitrogen functional groups attached to an aromatic ring is 1. The van der Waals surface area contributed by atoms with Crippen LogP contribution < -0.4 is 11.2 Å². The van der Waals surface area contributed by atoms with E-state index >= 15 is 0 Å². The van der Waals surface area contributed by atoms with Gasteiger partial charge in [-0.2, -0.15) is 10.2 Å². The van der Waals surface area contributed by atoms with Crippen molar-refractivity contribution in [1.82, 2.24) is 30.2 Å². The number of rotatable bonds is 7. The maximum absolute atomic E-state index is 11.6. The SMILES string of the molecule is COCCCn1cc(-c2cnc(N)c(-c3nc4cc(C5=NNC(=O)CC5C)ccc4[nH]3)c2)cn1. The number of benzene rings is 1. The summed E-state index contributed by atoms with van der Waals surface area (Å²) in [6, 6.07) is 7.89. The van der Waals surface area contributed by atoms with Crippen molar-refractivity contribution in [2.45, 2.75) is 26.3 Å². The number of nitrogens with zero attached hydrogens (tertiary/aromatic N) is 5. The molecule has 10 heteroatoms. The van der Waals surface area contributed by atoms with Crippen LogP contribution in [-0.2, 0) is 16.1 Å². The normalized spacial score (nSPS) is 16.0. The molecule has 4 aromatic rings. The van der Waals surface area contributed by atoms with Crippen molar-refractivity contribution < 1.29 is 9.53 Å². The largest absolute Gasteiger partial charge is 0.385 e. The van der Waals surface area contributed by atoms with E-state index in [1.165, 1.54) is 0 Å². The maximum Gasteiger partial charge on any atom is 0.240 e. The first-order chi connectivity index (χ1) is 16.5. The standard InChI is InChI=1S/C24H26N8O2/c1-14-8-21(33)30-31-22(14)15-4-5-19-20(10-15)29-24(28-19)18-9-16(11-26-23(18)25)17-12-27-32(13-17)6-3-7-34-2/h4-5,9-14H,3,6-8H2,1-2H3,(H2,25,26)(H,28,29)(H,30,33). The van der Waals surface area contributed by atoms with E-state index in [9.17, 15) is 4.79 Å². The number of aryl methyl sites for hydroxylation is 1. The summed E-state index contributed by atoms with van der Waals surface area (Å²) in [4.78, 5) is 24.1. The number of imidazole rings is 1. The van der Waals surface area contributed by atoms with Crippen LogP contribution in [0.25, 0.3) is 33.5 Å². The second-order valence-corrected chi connectivity index (χ2v) is 8.45. The zero-order valence-electron chi connectivity index (χ0n) is 19.1. The topological polar surface area (TPSA) is 136 Å². The molecule has 5 rings (SSSR count). The van der Waals surface area contributed by atoms with Crippen molar-refractivity contribution in [3.8, 4) is 22.5 Å². The van der Waals surface area contributed by atoms with E-state index in [0.717, 1.165) is 52.0 Å². The number of aromatic amines is 1. The summed E-state index contributed by atoms with van der Waals surface area (Å²) in [5.74, 6) is 1.00. The number of anilines is 1. The number of carbonyl (C=O) groups excluding carboxylic acids is 1. The molecular weight excluding hydrogens is 432 g/mol. The number of pyridine rings is 1. The highest BCUT2D eigenvalue weighted by Crippen LogP contribution is 2.30. The number of hydrogen-bond donors (Lipinski definition) is 3. The Morgan fingerprint density at radius 3 is 2.91 bits per heavy atom. The van der Waals surface area contributed by atoms with Gasteiger partial charge in [-0.25, -0.2) is 15.4 Å². The average Bonchev–Trinajstić information content (AvgIpc) is 3.46. The van der Waals surface area contributed by atoms with Crippen LogP contribution in [0.1, 0.15) is 25.3 Å². The van der Waals surface area contributed by atoms with Crippen LogP contribution in [0, 0.1) is 5.92 Å². The summed E-state index contributed by atoms with van der Waals surface area (Å²) < 4.78 is 7.00. The zero-order valence-corrected chi connectivity index (χ0v) is 19.1. The first-order valence-electron chi connectivity index (χ1n) is 11.2. The minimum absolute atomic E-state index is 0.0385. The molecule has 4 heterocycles. The third-order valence-corrected chi connectivity index (χ3v) is 5.91. The molecule has 3 aromatic heterocycles. The van der Waals surface area contributed by atoms with Crippen molar-refractivity contribution in [2.24, 2.45) is 11.0 Å². The van der Waals surface area contributed by atoms with Gasteiger partial charge in [0, 0.05) is 61.7 Å². The molecule has 0 spiro atoms. The summed E-state index contributed by atoms with van der Waals surface area (Å²) in [6.45, 7) is 3.47. The van der Waals surface area contributed by atoms with Crippen LogP contribution in [0.2, 0.25) is 0 Å². The number of hydrogen-bond acceptors (Lipinski definition) is 7. The molecule has 0 saturated carbocycles. The van der Waals surface area contributed by atoms with Gasteiger partial charge in [0.25, 0.3) is 0 Å². The van der Waals surface area contributed by atoms with E-state index in [1.807, 2.05) is 48.3 Å². The van der Waals surface area contributed by atoms with E-state index in [-0.39, 0.29) is 11.8 Å². The highest BCUT2D eigenvalue weighted by Gasteiger charge is 2.22. The molecule has 0 saturated heterocycles. The molecule has 1 atom stereocenters. The number of aromatic nitrogens is 5. The smallest absolute Gasteiger partial charge is 0.240 e. The Kier molecular flexibility index (Phi) is 5.81. The molecule has 0 fully saturated rings. The minimum atomic E-state index is -0.0669. The minimum Gasteiger partial charge on any atom is -0.385 e. The number of hydrazone groups is 1. The number of nitrogens with one attached hydrogen (secondary N) is 2. The highest BCUT2D eigenvalue weighted by molar-refractivity contribution is 6.07. The van der Waals surface area contributed by atoms with Gasteiger partial charge in [0.2, 0.25) is 5.91 Å². The number of nitrogens with two attached hydrogens (primary N) is 1. The van der Waals surface area contributed by atoms with E-state index in [0.29, 0.717) is 24.7 Å². The molecule has 1 amide bonds. The lowest BCUT2D eigenvalue weighted by Gasteiger charge is -2.18. The highest BCUT2D eigenvalue weighted by atomic mass is 16.5. The van der Waals surface area contributed by atoms with Crippen LogP contribution in [-0.4, -0.2) is 50.1 Å². The quantitative estimate of drug-likeness (QED) is 0.364. The summed E-state index contributed by atoms with van der Waals surface area (Å²) >= 11 is 0. The lowest BCUT2D eigenvalue weighted by Crippen LogP contribution is -2.31. The van der Waals surface area contributed by atoms with Crippen LogP contribution >= 0.6 is 0 Å². The van der Waals surface area contributed by atoms with Gasteiger partial charge in [-0.3, -0.25) is 9.48 Å². The molecule has 1 aromatic carbocycles. The maximum atomic E-state index is 11.6. The molecule has 10 nitrogen and oxygen atoms in total. The Hall–Kier alpha value is -4.05. The third-order valence-electron chi connectivity index (χ3n) is 5.91. The van der Waals surface area contributed by atoms with Crippen LogP contribution in [0.4, 0.5) is 5.82 Å². The number of fused-ring (bicyclic) bond motifs is 1. The van der Waals surface area contributed by atoms with Gasteiger partial charge in [0.15, 0.2) is 0 Å². The number of ether oxygens (including phenoxy) is 1. The van der Waals surface area contributed by atoms with Crippen molar-refractivity contribution in [3.63, 3.8) is 0 Å². The summed E-state index contributed by atoms with van der Waals surface area (Å²) in [5.41, 5.74) is 14.8. The first-order valence-corrected chi connectivity index (χ1v) is 11.2. The van der Waals surface area contributed by atoms with Crippen molar-refractivity contribution in [3.05, 3.63) is 48.4 Å². The van der Waals surface area contributed by atoms with E-state index < -0.39 is 0 Å². The number of methoxy groups -OCH3 is 1. The average molecular weight is 459 g/mol. The van der Waals surface area contributed by atoms with Crippen LogP contribution in [0.5, 0.6) is 0 Å². The van der Waals surface area contributed by atoms with Gasteiger partial charge < -0.3 is 15.5 Å². The molecule has 34 heavy (non-hydrogen) atoms. The second kappa shape index (κ2) is 9.06. The lowest BCUT2D eigenvalue weighted by molar-refractivity contribution is -0.121. The van der Waals surface area contributed by atoms with Crippen molar-refractivity contribution in [1.29, 1.82) is 0 Å². The lowest BCUT2D eigenvalue weighted by atomic mass is 9.94. The van der Waals surface area contributed by atoms with E-state index in [4.69, 9.17) is 15.5 Å². The number of carbonyl (C=O) groups is 1. The first kappa shape index (κ1) is 21.8. The molecule has 174 valence electrons. The van der Waals surface area contributed by atoms with Gasteiger partial charge in [0.05, 0.1) is 28.5 Å².